The van der Waals surface area contributed by atoms with Crippen molar-refractivity contribution in [3.8, 4) is 0 Å². The number of carbonyl (C=O) groups excluding carboxylic acids is 2. The van der Waals surface area contributed by atoms with Crippen molar-refractivity contribution < 1.29 is 14.3 Å². The predicted octanol–water partition coefficient (Wildman–Crippen LogP) is 2.13. The van der Waals surface area contributed by atoms with E-state index in [0.717, 1.165) is 11.3 Å². The molecule has 2 aromatic rings. The minimum absolute atomic E-state index is 0.120. The molecule has 0 radical (unpaired) electrons. The van der Waals surface area contributed by atoms with Crippen LogP contribution in [0.3, 0.4) is 0 Å². The van der Waals surface area contributed by atoms with E-state index in [-0.39, 0.29) is 24.1 Å². The maximum absolute atomic E-state index is 12.1. The van der Waals surface area contributed by atoms with Crippen LogP contribution < -0.4 is 10.9 Å². The lowest BCUT2D eigenvalue weighted by molar-refractivity contribution is -0.116. The molecule has 7 nitrogen and oxygen atoms in total. The number of hydrogen-bond acceptors (Lipinski definition) is 6. The first-order valence-corrected chi connectivity index (χ1v) is 8.24. The zero-order valence-corrected chi connectivity index (χ0v) is 14.8. The van der Waals surface area contributed by atoms with E-state index in [9.17, 15) is 14.4 Å². The summed E-state index contributed by atoms with van der Waals surface area (Å²) < 4.78 is 6.45. The van der Waals surface area contributed by atoms with Crippen LogP contribution in [0.4, 0.5) is 5.13 Å². The maximum Gasteiger partial charge on any atom is 0.350 e. The van der Waals surface area contributed by atoms with E-state index >= 15 is 0 Å². The molecule has 0 aliphatic heterocycles. The molecule has 1 N–H and O–H groups in total. The molecule has 0 aliphatic rings. The molecule has 24 heavy (non-hydrogen) atoms. The summed E-state index contributed by atoms with van der Waals surface area (Å²) in [6.45, 7) is 6.76. The summed E-state index contributed by atoms with van der Waals surface area (Å²) in [4.78, 5) is 40.5. The number of hydrogen-bond donors (Lipinski definition) is 1. The van der Waals surface area contributed by atoms with Crippen molar-refractivity contribution in [1.29, 1.82) is 0 Å². The largest absolute Gasteiger partial charge is 0.459 e. The van der Waals surface area contributed by atoms with Crippen LogP contribution in [-0.4, -0.2) is 27.5 Å². The van der Waals surface area contributed by atoms with Gasteiger partial charge in [-0.25, -0.2) is 9.78 Å². The average molecular weight is 349 g/mol. The van der Waals surface area contributed by atoms with Gasteiger partial charge in [0.25, 0.3) is 5.56 Å². The fraction of sp³-hybridized carbons (Fsp3) is 0.375. The molecule has 0 aromatic carbocycles. The van der Waals surface area contributed by atoms with Crippen molar-refractivity contribution in [2.45, 2.75) is 40.3 Å². The van der Waals surface area contributed by atoms with Crippen molar-refractivity contribution in [2.24, 2.45) is 0 Å². The smallest absolute Gasteiger partial charge is 0.350 e. The third-order valence-corrected chi connectivity index (χ3v) is 4.15. The zero-order valence-electron chi connectivity index (χ0n) is 14.0. The molecule has 0 fully saturated rings. The third-order valence-electron chi connectivity index (χ3n) is 3.10. The summed E-state index contributed by atoms with van der Waals surface area (Å²) in [6, 6.07) is 3.39. The van der Waals surface area contributed by atoms with Gasteiger partial charge in [0.1, 0.15) is 11.4 Å². The zero-order chi connectivity index (χ0) is 17.9. The minimum atomic E-state index is -0.463. The molecule has 0 bridgehead atoms. The van der Waals surface area contributed by atoms with Gasteiger partial charge < -0.3 is 14.6 Å². The van der Waals surface area contributed by atoms with Gasteiger partial charge in [0.2, 0.25) is 5.91 Å². The summed E-state index contributed by atoms with van der Waals surface area (Å²) in [5.74, 6) is -0.851. The number of pyridine rings is 1. The van der Waals surface area contributed by atoms with Gasteiger partial charge in [-0.1, -0.05) is 17.4 Å². The molecule has 2 rings (SSSR count). The van der Waals surface area contributed by atoms with Crippen molar-refractivity contribution in [3.05, 3.63) is 44.8 Å². The summed E-state index contributed by atoms with van der Waals surface area (Å²) in [7, 11) is 0. The van der Waals surface area contributed by atoms with Crippen LogP contribution in [0.15, 0.2) is 23.1 Å². The van der Waals surface area contributed by atoms with Crippen LogP contribution >= 0.6 is 11.3 Å². The number of anilines is 1. The van der Waals surface area contributed by atoms with Gasteiger partial charge in [0, 0.05) is 11.8 Å². The lowest BCUT2D eigenvalue weighted by atomic mass is 10.3. The lowest BCUT2D eigenvalue weighted by Crippen LogP contribution is -2.28. The number of ether oxygens (including phenoxy) is 1. The van der Waals surface area contributed by atoms with E-state index in [1.54, 1.807) is 46.0 Å². The standard InChI is InChI=1S/C16H19N3O4S/c1-9(2)23-15(22)13-11(4)17-16(24-13)18-12(20)8-19-7-5-6-10(3)14(19)21/h5-7,9H,8H2,1-4H3,(H,17,18,20). The van der Waals surface area contributed by atoms with Gasteiger partial charge in [0.15, 0.2) is 5.13 Å². The monoisotopic (exact) mass is 349 g/mol. The summed E-state index contributed by atoms with van der Waals surface area (Å²) in [6.07, 6.45) is 1.32. The number of thiazole rings is 1. The van der Waals surface area contributed by atoms with Gasteiger partial charge in [-0.15, -0.1) is 0 Å². The number of esters is 1. The van der Waals surface area contributed by atoms with Gasteiger partial charge in [-0.05, 0) is 33.8 Å². The highest BCUT2D eigenvalue weighted by molar-refractivity contribution is 7.17. The number of nitrogens with zero attached hydrogens (tertiary/aromatic N) is 2. The Morgan fingerprint density at radius 3 is 2.75 bits per heavy atom. The minimum Gasteiger partial charge on any atom is -0.459 e. The highest BCUT2D eigenvalue weighted by Crippen LogP contribution is 2.23. The first-order valence-electron chi connectivity index (χ1n) is 7.42. The van der Waals surface area contributed by atoms with Crippen molar-refractivity contribution >= 4 is 28.3 Å². The van der Waals surface area contributed by atoms with Gasteiger partial charge in [-0.2, -0.15) is 0 Å². The normalized spacial score (nSPS) is 10.7. The topological polar surface area (TPSA) is 90.3 Å². The van der Waals surface area contributed by atoms with Crippen LogP contribution in [0.2, 0.25) is 0 Å². The molecule has 0 saturated heterocycles. The van der Waals surface area contributed by atoms with Gasteiger partial charge in [0.05, 0.1) is 11.8 Å². The predicted molar refractivity (Wildman–Crippen MR) is 91.5 cm³/mol. The quantitative estimate of drug-likeness (QED) is 0.835. The van der Waals surface area contributed by atoms with Crippen molar-refractivity contribution in [1.82, 2.24) is 9.55 Å². The molecule has 1 amide bonds. The Labute approximate surface area is 143 Å². The number of carbonyl (C=O) groups is 2. The van der Waals surface area contributed by atoms with Crippen molar-refractivity contribution in [2.75, 3.05) is 5.32 Å². The first-order chi connectivity index (χ1) is 11.3. The van der Waals surface area contributed by atoms with E-state index in [4.69, 9.17) is 4.74 Å². The lowest BCUT2D eigenvalue weighted by Gasteiger charge is -2.06. The van der Waals surface area contributed by atoms with Crippen LogP contribution in [0.25, 0.3) is 0 Å². The molecule has 8 heteroatoms. The fourth-order valence-electron chi connectivity index (χ4n) is 2.00. The second-order valence-corrected chi connectivity index (χ2v) is 6.56. The molecule has 0 unspecified atom stereocenters. The third kappa shape index (κ3) is 4.29. The highest BCUT2D eigenvalue weighted by atomic mass is 32.1. The number of aryl methyl sites for hydroxylation is 2. The summed E-state index contributed by atoms with van der Waals surface area (Å²) >= 11 is 1.05. The molecule has 0 aliphatic carbocycles. The first kappa shape index (κ1) is 17.9. The number of amides is 1. The maximum atomic E-state index is 12.1. The van der Waals surface area contributed by atoms with E-state index in [0.29, 0.717) is 21.3 Å². The summed E-state index contributed by atoms with van der Waals surface area (Å²) in [5.41, 5.74) is 0.840. The molecule has 0 atom stereocenters. The molecule has 128 valence electrons. The molecular weight excluding hydrogens is 330 g/mol. The number of aromatic nitrogens is 2. The Balaban J connectivity index is 2.08. The number of nitrogens with one attached hydrogen (secondary N) is 1. The Kier molecular flexibility index (Phi) is 5.50. The van der Waals surface area contributed by atoms with Crippen LogP contribution in [0.1, 0.15) is 34.8 Å². The Bertz CT molecular complexity index is 823. The molecule has 0 spiro atoms. The van der Waals surface area contributed by atoms with Crippen LogP contribution in [0, 0.1) is 13.8 Å². The summed E-state index contributed by atoms with van der Waals surface area (Å²) in [5, 5.41) is 2.91. The van der Waals surface area contributed by atoms with Crippen LogP contribution in [0.5, 0.6) is 0 Å². The number of rotatable bonds is 5. The average Bonchev–Trinajstić information content (AvgIpc) is 2.83. The van der Waals surface area contributed by atoms with E-state index in [2.05, 4.69) is 10.3 Å². The van der Waals surface area contributed by atoms with Gasteiger partial charge in [-0.3, -0.25) is 9.59 Å². The Hall–Kier alpha value is -2.48. The van der Waals surface area contributed by atoms with Crippen LogP contribution in [-0.2, 0) is 16.1 Å². The van der Waals surface area contributed by atoms with Crippen molar-refractivity contribution in [3.63, 3.8) is 0 Å². The Morgan fingerprint density at radius 1 is 1.38 bits per heavy atom. The second-order valence-electron chi connectivity index (χ2n) is 5.56. The molecule has 2 heterocycles. The Morgan fingerprint density at radius 2 is 2.08 bits per heavy atom. The van der Waals surface area contributed by atoms with Gasteiger partial charge >= 0.3 is 5.97 Å². The molecule has 2 aromatic heterocycles. The SMILES string of the molecule is Cc1nc(NC(=O)Cn2cccc(C)c2=O)sc1C(=O)OC(C)C. The second kappa shape index (κ2) is 7.39. The molecular formula is C16H19N3O4S. The fourth-order valence-corrected chi connectivity index (χ4v) is 2.87. The van der Waals surface area contributed by atoms with E-state index in [1.165, 1.54) is 4.57 Å². The highest BCUT2D eigenvalue weighted by Gasteiger charge is 2.19. The van der Waals surface area contributed by atoms with E-state index in [1.807, 2.05) is 0 Å². The molecule has 0 saturated carbocycles. The van der Waals surface area contributed by atoms with E-state index < -0.39 is 5.97 Å².